The average molecular weight is 390 g/mol. The van der Waals surface area contributed by atoms with Crippen molar-refractivity contribution in [2.24, 2.45) is 0 Å². The first-order valence-corrected chi connectivity index (χ1v) is 9.53. The highest BCUT2D eigenvalue weighted by molar-refractivity contribution is 7.15. The summed E-state index contributed by atoms with van der Waals surface area (Å²) in [5, 5.41) is 0. The van der Waals surface area contributed by atoms with Gasteiger partial charge in [-0.15, -0.1) is 11.3 Å². The second-order valence-corrected chi connectivity index (χ2v) is 7.85. The van der Waals surface area contributed by atoms with E-state index < -0.39 is 11.7 Å². The Morgan fingerprint density at radius 3 is 2.33 bits per heavy atom. The maximum atomic E-state index is 12.7. The van der Waals surface area contributed by atoms with Gasteiger partial charge >= 0.3 is 6.18 Å². The predicted molar refractivity (Wildman–Crippen MR) is 105 cm³/mol. The number of aryl methyl sites for hydroxylation is 2. The minimum absolute atomic E-state index is 0.193. The Bertz CT molecular complexity index is 910. The lowest BCUT2D eigenvalue weighted by atomic mass is 10.1. The smallest absolute Gasteiger partial charge is 0.416 e. The number of hydrogen-bond donors (Lipinski definition) is 0. The molecule has 142 valence electrons. The van der Waals surface area contributed by atoms with Gasteiger partial charge in [-0.3, -0.25) is 0 Å². The molecule has 0 aliphatic rings. The molecule has 27 heavy (non-hydrogen) atoms. The van der Waals surface area contributed by atoms with Gasteiger partial charge in [0, 0.05) is 15.7 Å². The summed E-state index contributed by atoms with van der Waals surface area (Å²) >= 11 is 1.61. The molecule has 0 bridgehead atoms. The number of alkyl halides is 3. The molecule has 0 aliphatic carbocycles. The van der Waals surface area contributed by atoms with Gasteiger partial charge in [0.05, 0.1) is 12.2 Å². The van der Waals surface area contributed by atoms with Gasteiger partial charge in [0.2, 0.25) is 0 Å². The Morgan fingerprint density at radius 2 is 1.70 bits per heavy atom. The van der Waals surface area contributed by atoms with Crippen molar-refractivity contribution in [3.63, 3.8) is 0 Å². The summed E-state index contributed by atoms with van der Waals surface area (Å²) in [6.07, 6.45) is -4.31. The van der Waals surface area contributed by atoms with Crippen molar-refractivity contribution in [3.05, 3.63) is 76.2 Å². The normalized spacial score (nSPS) is 12.8. The first-order valence-electron chi connectivity index (χ1n) is 8.71. The van der Waals surface area contributed by atoms with E-state index in [-0.39, 0.29) is 5.92 Å². The molecule has 1 nitrogen and oxygen atoms in total. The summed E-state index contributed by atoms with van der Waals surface area (Å²) in [5.41, 5.74) is 2.46. The molecule has 0 saturated heterocycles. The number of benzene rings is 2. The second kappa shape index (κ2) is 7.77. The molecule has 0 radical (unpaired) electrons. The monoisotopic (exact) mass is 390 g/mol. The molecule has 1 aromatic heterocycles. The number of rotatable bonds is 5. The molecule has 0 fully saturated rings. The first kappa shape index (κ1) is 19.5. The predicted octanol–water partition coefficient (Wildman–Crippen LogP) is 7.23. The fraction of sp³-hybridized carbons (Fsp3) is 0.273. The van der Waals surface area contributed by atoms with Crippen LogP contribution in [-0.4, -0.2) is 6.61 Å². The molecule has 3 aromatic rings. The summed E-state index contributed by atoms with van der Waals surface area (Å²) in [6, 6.07) is 15.3. The summed E-state index contributed by atoms with van der Waals surface area (Å²) in [7, 11) is 0. The van der Waals surface area contributed by atoms with Crippen LogP contribution in [0, 0.1) is 13.8 Å². The van der Waals surface area contributed by atoms with Crippen LogP contribution < -0.4 is 4.74 Å². The Labute approximate surface area is 161 Å². The summed E-state index contributed by atoms with van der Waals surface area (Å²) < 4.78 is 44.1. The zero-order chi connectivity index (χ0) is 19.6. The van der Waals surface area contributed by atoms with Crippen molar-refractivity contribution < 1.29 is 17.9 Å². The summed E-state index contributed by atoms with van der Waals surface area (Å²) in [6.45, 7) is 6.71. The highest BCUT2D eigenvalue weighted by atomic mass is 32.1. The van der Waals surface area contributed by atoms with E-state index in [1.807, 2.05) is 44.2 Å². The van der Waals surface area contributed by atoms with E-state index in [0.717, 1.165) is 39.4 Å². The average Bonchev–Trinajstić information content (AvgIpc) is 3.01. The molecule has 1 atom stereocenters. The van der Waals surface area contributed by atoms with Crippen molar-refractivity contribution in [2.75, 3.05) is 6.61 Å². The van der Waals surface area contributed by atoms with Crippen LogP contribution in [0.2, 0.25) is 0 Å². The van der Waals surface area contributed by atoms with Crippen LogP contribution in [0.25, 0.3) is 10.4 Å². The lowest BCUT2D eigenvalue weighted by molar-refractivity contribution is -0.137. The third-order valence-electron chi connectivity index (χ3n) is 4.39. The van der Waals surface area contributed by atoms with Crippen LogP contribution in [0.1, 0.15) is 34.4 Å². The fourth-order valence-corrected chi connectivity index (χ4v) is 4.17. The topological polar surface area (TPSA) is 9.23 Å². The molecule has 3 rings (SSSR count). The van der Waals surface area contributed by atoms with Crippen LogP contribution in [0.4, 0.5) is 13.2 Å². The maximum Gasteiger partial charge on any atom is 0.416 e. The van der Waals surface area contributed by atoms with E-state index in [1.54, 1.807) is 11.3 Å². The molecular formula is C22H21F3OS. The van der Waals surface area contributed by atoms with Crippen molar-refractivity contribution in [3.8, 4) is 16.2 Å². The van der Waals surface area contributed by atoms with Gasteiger partial charge in [-0.05, 0) is 60.9 Å². The molecule has 2 aromatic carbocycles. The van der Waals surface area contributed by atoms with Gasteiger partial charge in [0.25, 0.3) is 0 Å². The van der Waals surface area contributed by atoms with Gasteiger partial charge in [-0.2, -0.15) is 13.2 Å². The molecule has 0 unspecified atom stereocenters. The van der Waals surface area contributed by atoms with Crippen molar-refractivity contribution in [1.82, 2.24) is 0 Å². The molecule has 0 saturated carbocycles. The Kier molecular flexibility index (Phi) is 5.61. The SMILES string of the molecule is Cc1cccc(OC[C@@H](C)c2sc(-c3ccc(C(F)(F)F)cc3)cc2C)c1. The van der Waals surface area contributed by atoms with Crippen LogP contribution in [0.5, 0.6) is 5.75 Å². The first-order chi connectivity index (χ1) is 12.7. The van der Waals surface area contributed by atoms with Gasteiger partial charge in [0.1, 0.15) is 5.75 Å². The largest absolute Gasteiger partial charge is 0.493 e. The van der Waals surface area contributed by atoms with Gasteiger partial charge < -0.3 is 4.74 Å². The van der Waals surface area contributed by atoms with Crippen LogP contribution in [-0.2, 0) is 6.18 Å². The zero-order valence-electron chi connectivity index (χ0n) is 15.4. The summed E-state index contributed by atoms with van der Waals surface area (Å²) in [4.78, 5) is 2.16. The van der Waals surface area contributed by atoms with Gasteiger partial charge in [-0.25, -0.2) is 0 Å². The van der Waals surface area contributed by atoms with Gasteiger partial charge in [0.15, 0.2) is 0 Å². The maximum absolute atomic E-state index is 12.7. The molecule has 0 N–H and O–H groups in total. The zero-order valence-corrected chi connectivity index (χ0v) is 16.2. The molecule has 0 aliphatic heterocycles. The number of halogens is 3. The highest BCUT2D eigenvalue weighted by Gasteiger charge is 2.30. The van der Waals surface area contributed by atoms with Crippen LogP contribution in [0.3, 0.4) is 0 Å². The minimum atomic E-state index is -4.31. The molecule has 5 heteroatoms. The third kappa shape index (κ3) is 4.72. The fourth-order valence-electron chi connectivity index (χ4n) is 2.95. The number of ether oxygens (including phenoxy) is 1. The quantitative estimate of drug-likeness (QED) is 0.446. The molecule has 0 amide bonds. The van der Waals surface area contributed by atoms with E-state index in [2.05, 4.69) is 6.92 Å². The molecular weight excluding hydrogens is 369 g/mol. The third-order valence-corrected chi connectivity index (χ3v) is 5.91. The highest BCUT2D eigenvalue weighted by Crippen LogP contribution is 2.37. The van der Waals surface area contributed by atoms with Crippen molar-refractivity contribution in [2.45, 2.75) is 32.9 Å². The van der Waals surface area contributed by atoms with E-state index >= 15 is 0 Å². The standard InChI is InChI=1S/C22H21F3OS/c1-14-5-4-6-19(11-14)26-13-16(3)21-15(2)12-20(27-21)17-7-9-18(10-8-17)22(23,24)25/h4-12,16H,13H2,1-3H3/t16-/m1/s1. The lowest BCUT2D eigenvalue weighted by Crippen LogP contribution is -2.06. The Morgan fingerprint density at radius 1 is 1.00 bits per heavy atom. The lowest BCUT2D eigenvalue weighted by Gasteiger charge is -2.13. The van der Waals surface area contributed by atoms with Crippen LogP contribution in [0.15, 0.2) is 54.6 Å². The van der Waals surface area contributed by atoms with Gasteiger partial charge in [-0.1, -0.05) is 31.2 Å². The Hall–Kier alpha value is -2.27. The number of thiophene rings is 1. The molecule has 1 heterocycles. The second-order valence-electron chi connectivity index (χ2n) is 6.76. The van der Waals surface area contributed by atoms with Crippen molar-refractivity contribution in [1.29, 1.82) is 0 Å². The summed E-state index contributed by atoms with van der Waals surface area (Å²) in [5.74, 6) is 1.04. The van der Waals surface area contributed by atoms with E-state index in [4.69, 9.17) is 4.74 Å². The van der Waals surface area contributed by atoms with E-state index in [9.17, 15) is 13.2 Å². The van der Waals surface area contributed by atoms with E-state index in [0.29, 0.717) is 6.61 Å². The molecule has 0 spiro atoms. The van der Waals surface area contributed by atoms with Crippen molar-refractivity contribution >= 4 is 11.3 Å². The Balaban J connectivity index is 1.73. The minimum Gasteiger partial charge on any atom is -0.493 e. The van der Waals surface area contributed by atoms with Crippen LogP contribution >= 0.6 is 11.3 Å². The number of hydrogen-bond acceptors (Lipinski definition) is 2. The van der Waals surface area contributed by atoms with E-state index in [1.165, 1.54) is 17.0 Å².